The van der Waals surface area contributed by atoms with Crippen LogP contribution in [0, 0.1) is 0 Å². The molecule has 0 fully saturated rings. The highest BCUT2D eigenvalue weighted by Gasteiger charge is 2.23. The molecule has 0 bridgehead atoms. The van der Waals surface area contributed by atoms with E-state index >= 15 is 0 Å². The van der Waals surface area contributed by atoms with Crippen LogP contribution in [0.25, 0.3) is 0 Å². The number of esters is 1. The summed E-state index contributed by atoms with van der Waals surface area (Å²) in [5, 5.41) is 5.27. The van der Waals surface area contributed by atoms with E-state index < -0.39 is 5.97 Å². The Morgan fingerprint density at radius 1 is 1.60 bits per heavy atom. The van der Waals surface area contributed by atoms with Crippen LogP contribution in [0.15, 0.2) is 5.03 Å². The molecule has 0 amide bonds. The van der Waals surface area contributed by atoms with Gasteiger partial charge in [0, 0.05) is 12.3 Å². The van der Waals surface area contributed by atoms with Crippen LogP contribution in [0.1, 0.15) is 24.2 Å². The van der Waals surface area contributed by atoms with E-state index in [2.05, 4.69) is 9.84 Å². The second kappa shape index (κ2) is 4.90. The number of ether oxygens (including phenoxy) is 1. The second-order valence-electron chi connectivity index (χ2n) is 3.25. The van der Waals surface area contributed by atoms with Gasteiger partial charge in [0.15, 0.2) is 5.15 Å². The van der Waals surface area contributed by atoms with Gasteiger partial charge in [0.1, 0.15) is 10.6 Å². The molecule has 0 aliphatic rings. The van der Waals surface area contributed by atoms with Crippen LogP contribution in [-0.2, 0) is 11.8 Å². The standard InChI is InChI=1S/C9H13ClN2O2S/c1-5(2)15-8-6(9(13)14-4)7(10)11-12(8)3/h5H,1-4H3. The highest BCUT2D eigenvalue weighted by atomic mass is 35.5. The average molecular weight is 249 g/mol. The number of methoxy groups -OCH3 is 1. The molecule has 0 aliphatic heterocycles. The molecule has 84 valence electrons. The van der Waals surface area contributed by atoms with Gasteiger partial charge in [-0.05, 0) is 0 Å². The van der Waals surface area contributed by atoms with Crippen molar-refractivity contribution in [2.45, 2.75) is 24.1 Å². The molecule has 0 radical (unpaired) electrons. The summed E-state index contributed by atoms with van der Waals surface area (Å²) < 4.78 is 6.26. The van der Waals surface area contributed by atoms with Crippen molar-refractivity contribution in [3.63, 3.8) is 0 Å². The maximum Gasteiger partial charge on any atom is 0.343 e. The molecule has 0 N–H and O–H groups in total. The van der Waals surface area contributed by atoms with E-state index in [1.165, 1.54) is 18.9 Å². The van der Waals surface area contributed by atoms with Crippen molar-refractivity contribution in [3.05, 3.63) is 10.7 Å². The zero-order valence-electron chi connectivity index (χ0n) is 9.07. The number of aromatic nitrogens is 2. The van der Waals surface area contributed by atoms with Crippen molar-refractivity contribution in [1.82, 2.24) is 9.78 Å². The summed E-state index contributed by atoms with van der Waals surface area (Å²) in [5.41, 5.74) is 0.348. The summed E-state index contributed by atoms with van der Waals surface area (Å²) in [6, 6.07) is 0. The fourth-order valence-corrected chi connectivity index (χ4v) is 2.38. The van der Waals surface area contributed by atoms with Crippen LogP contribution in [0.4, 0.5) is 0 Å². The third-order valence-electron chi connectivity index (χ3n) is 1.69. The highest BCUT2D eigenvalue weighted by Crippen LogP contribution is 2.30. The number of carbonyl (C=O) groups excluding carboxylic acids is 1. The predicted molar refractivity (Wildman–Crippen MR) is 60.6 cm³/mol. The van der Waals surface area contributed by atoms with Crippen molar-refractivity contribution < 1.29 is 9.53 Å². The fraction of sp³-hybridized carbons (Fsp3) is 0.556. The van der Waals surface area contributed by atoms with Crippen LogP contribution < -0.4 is 0 Å². The van der Waals surface area contributed by atoms with Crippen molar-refractivity contribution in [2.24, 2.45) is 7.05 Å². The number of nitrogens with zero attached hydrogens (tertiary/aromatic N) is 2. The fourth-order valence-electron chi connectivity index (χ4n) is 1.11. The summed E-state index contributed by atoms with van der Waals surface area (Å²) in [6.07, 6.45) is 0. The van der Waals surface area contributed by atoms with Gasteiger partial charge in [0.25, 0.3) is 0 Å². The first-order valence-electron chi connectivity index (χ1n) is 4.44. The number of aryl methyl sites for hydroxylation is 1. The van der Waals surface area contributed by atoms with E-state index in [9.17, 15) is 4.79 Å². The van der Waals surface area contributed by atoms with E-state index in [0.29, 0.717) is 10.8 Å². The zero-order chi connectivity index (χ0) is 11.6. The van der Waals surface area contributed by atoms with E-state index in [-0.39, 0.29) is 5.15 Å². The maximum atomic E-state index is 11.5. The van der Waals surface area contributed by atoms with Gasteiger partial charge in [-0.15, -0.1) is 11.8 Å². The van der Waals surface area contributed by atoms with Gasteiger partial charge in [-0.25, -0.2) is 4.79 Å². The molecule has 15 heavy (non-hydrogen) atoms. The molecule has 0 saturated carbocycles. The van der Waals surface area contributed by atoms with Crippen LogP contribution in [0.2, 0.25) is 5.15 Å². The maximum absolute atomic E-state index is 11.5. The summed E-state index contributed by atoms with van der Waals surface area (Å²) in [6.45, 7) is 4.07. The lowest BCUT2D eigenvalue weighted by molar-refractivity contribution is 0.0596. The van der Waals surface area contributed by atoms with Crippen molar-refractivity contribution in [3.8, 4) is 0 Å². The molecule has 0 atom stereocenters. The molecule has 4 nitrogen and oxygen atoms in total. The van der Waals surface area contributed by atoms with E-state index in [1.54, 1.807) is 11.7 Å². The largest absolute Gasteiger partial charge is 0.465 e. The minimum absolute atomic E-state index is 0.188. The molecular formula is C9H13ClN2O2S. The van der Waals surface area contributed by atoms with E-state index in [0.717, 1.165) is 5.03 Å². The summed E-state index contributed by atoms with van der Waals surface area (Å²) in [5.74, 6) is -0.448. The van der Waals surface area contributed by atoms with Gasteiger partial charge >= 0.3 is 5.97 Å². The molecule has 0 saturated heterocycles. The first-order valence-corrected chi connectivity index (χ1v) is 5.70. The molecule has 1 rings (SSSR count). The number of thioether (sulfide) groups is 1. The zero-order valence-corrected chi connectivity index (χ0v) is 10.6. The monoisotopic (exact) mass is 248 g/mol. The van der Waals surface area contributed by atoms with Gasteiger partial charge in [0.2, 0.25) is 0 Å². The molecule has 0 aromatic carbocycles. The lowest BCUT2D eigenvalue weighted by Crippen LogP contribution is -2.04. The third-order valence-corrected chi connectivity index (χ3v) is 3.12. The number of hydrogen-bond acceptors (Lipinski definition) is 4. The minimum atomic E-state index is -0.448. The van der Waals surface area contributed by atoms with E-state index in [4.69, 9.17) is 11.6 Å². The van der Waals surface area contributed by atoms with Crippen LogP contribution in [-0.4, -0.2) is 28.1 Å². The van der Waals surface area contributed by atoms with Crippen molar-refractivity contribution in [2.75, 3.05) is 7.11 Å². The minimum Gasteiger partial charge on any atom is -0.465 e. The number of hydrogen-bond donors (Lipinski definition) is 0. The normalized spacial score (nSPS) is 10.8. The molecule has 0 unspecified atom stereocenters. The van der Waals surface area contributed by atoms with Crippen molar-refractivity contribution in [1.29, 1.82) is 0 Å². The Labute approximate surface area is 97.9 Å². The number of halogens is 1. The molecule has 0 aliphatic carbocycles. The van der Waals surface area contributed by atoms with Gasteiger partial charge in [0.05, 0.1) is 7.11 Å². The Balaban J connectivity index is 3.17. The average Bonchev–Trinajstić information content (AvgIpc) is 2.40. The lowest BCUT2D eigenvalue weighted by Gasteiger charge is -2.06. The van der Waals surface area contributed by atoms with Crippen LogP contribution in [0.5, 0.6) is 0 Å². The smallest absolute Gasteiger partial charge is 0.343 e. The molecular weight excluding hydrogens is 236 g/mol. The highest BCUT2D eigenvalue weighted by molar-refractivity contribution is 7.99. The summed E-state index contributed by atoms with van der Waals surface area (Å²) in [7, 11) is 3.08. The van der Waals surface area contributed by atoms with Crippen LogP contribution >= 0.6 is 23.4 Å². The topological polar surface area (TPSA) is 44.1 Å². The Hall–Kier alpha value is -0.680. The third kappa shape index (κ3) is 2.66. The van der Waals surface area contributed by atoms with E-state index in [1.807, 2.05) is 13.8 Å². The molecule has 0 spiro atoms. The van der Waals surface area contributed by atoms with Gasteiger partial charge in [-0.1, -0.05) is 25.4 Å². The summed E-state index contributed by atoms with van der Waals surface area (Å²) >= 11 is 7.39. The predicted octanol–water partition coefficient (Wildman–Crippen LogP) is 2.36. The van der Waals surface area contributed by atoms with Crippen molar-refractivity contribution >= 4 is 29.3 Å². The van der Waals surface area contributed by atoms with Gasteiger partial charge in [-0.2, -0.15) is 5.10 Å². The Kier molecular flexibility index (Phi) is 4.04. The lowest BCUT2D eigenvalue weighted by atomic mass is 10.4. The molecule has 1 heterocycles. The molecule has 6 heteroatoms. The quantitative estimate of drug-likeness (QED) is 0.609. The Bertz CT molecular complexity index is 376. The SMILES string of the molecule is COC(=O)c1c(Cl)nn(C)c1SC(C)C. The first kappa shape index (κ1) is 12.4. The summed E-state index contributed by atoms with van der Waals surface area (Å²) in [4.78, 5) is 11.5. The van der Waals surface area contributed by atoms with Crippen LogP contribution in [0.3, 0.4) is 0 Å². The molecule has 1 aromatic heterocycles. The van der Waals surface area contributed by atoms with Gasteiger partial charge in [-0.3, -0.25) is 4.68 Å². The Morgan fingerprint density at radius 3 is 2.67 bits per heavy atom. The number of rotatable bonds is 3. The first-order chi connectivity index (χ1) is 6.97. The number of carbonyl (C=O) groups is 1. The van der Waals surface area contributed by atoms with Gasteiger partial charge < -0.3 is 4.74 Å². The Morgan fingerprint density at radius 2 is 2.20 bits per heavy atom. The molecule has 1 aromatic rings. The second-order valence-corrected chi connectivity index (χ2v) is 5.18.